The Kier molecular flexibility index (Phi) is 9.75. The molecule has 0 spiro atoms. The summed E-state index contributed by atoms with van der Waals surface area (Å²) in [4.78, 5) is 24.5. The van der Waals surface area contributed by atoms with Crippen molar-refractivity contribution in [3.63, 3.8) is 0 Å². The largest absolute Gasteiger partial charge is 0.318 e. The molecule has 0 radical (unpaired) electrons. The molecule has 3 aromatic carbocycles. The molecule has 7 heteroatoms. The minimum absolute atomic E-state index is 0.811. The lowest BCUT2D eigenvalue weighted by Gasteiger charge is -2.32. The molecule has 0 unspecified atom stereocenters. The summed E-state index contributed by atoms with van der Waals surface area (Å²) < 4.78 is 0. The van der Waals surface area contributed by atoms with Crippen LogP contribution in [0.4, 0.5) is 22.7 Å². The molecule has 0 atom stereocenters. The van der Waals surface area contributed by atoms with Gasteiger partial charge in [0.1, 0.15) is 0 Å². The molecule has 1 aliphatic carbocycles. The van der Waals surface area contributed by atoms with Crippen LogP contribution in [-0.4, -0.2) is 27.7 Å². The molecule has 4 aromatic heterocycles. The topological polar surface area (TPSA) is 57.5 Å². The molecule has 0 amide bonds. The molecule has 0 bridgehead atoms. The van der Waals surface area contributed by atoms with Crippen LogP contribution in [0.25, 0.3) is 37.6 Å². The van der Waals surface area contributed by atoms with E-state index in [-0.39, 0.29) is 0 Å². The van der Waals surface area contributed by atoms with Crippen LogP contribution in [0.3, 0.4) is 0 Å². The average Bonchev–Trinajstić information content (AvgIpc) is 3.77. The SMILES string of the molecule is C1=NCCC(N(C2=CC=C(c3cccnc3)CC2)c2ccc(-c3ccc(-c4ccc(N(c5ccncc5)c5ccc(-c6cccnc6)cc5)cc4)s3)cc2)=C1. The van der Waals surface area contributed by atoms with Crippen molar-refractivity contribution in [2.24, 2.45) is 4.99 Å². The minimum atomic E-state index is 0.811. The number of rotatable bonds is 10. The van der Waals surface area contributed by atoms with E-state index >= 15 is 0 Å². The molecule has 0 N–H and O–H groups in total. The zero-order valence-corrected chi connectivity index (χ0v) is 31.1. The van der Waals surface area contributed by atoms with Gasteiger partial charge in [-0.3, -0.25) is 19.9 Å². The summed E-state index contributed by atoms with van der Waals surface area (Å²) in [6, 6.07) is 43.3. The molecule has 6 nitrogen and oxygen atoms in total. The molecule has 1 aliphatic heterocycles. The van der Waals surface area contributed by atoms with E-state index in [1.807, 2.05) is 72.8 Å². The Morgan fingerprint density at radius 1 is 0.418 bits per heavy atom. The summed E-state index contributed by atoms with van der Waals surface area (Å²) in [7, 11) is 0. The maximum atomic E-state index is 4.46. The fraction of sp³-hybridized carbons (Fsp3) is 0.0833. The number of hydrogen-bond acceptors (Lipinski definition) is 7. The number of benzene rings is 3. The standard InChI is InChI=1S/C48H38N6S/c1-3-39(33-51-27-1)35-5-13-41(14-6-35)53(45-23-29-49-30-24-45)43-17-9-37(10-18-43)47-21-22-48(55-47)38-11-19-44(20-12-38)54(46-25-31-50-32-26-46)42-15-7-36(8-16-42)40-4-2-28-52-34-40/h1-7,9-15,17-25,27-31,33-34H,8,16,26,32H2. The predicted molar refractivity (Wildman–Crippen MR) is 229 cm³/mol. The van der Waals surface area contributed by atoms with Crippen molar-refractivity contribution in [2.45, 2.75) is 19.3 Å². The maximum Gasteiger partial charge on any atom is 0.0492 e. The summed E-state index contributed by atoms with van der Waals surface area (Å²) in [6.45, 7) is 0.811. The van der Waals surface area contributed by atoms with Crippen molar-refractivity contribution in [3.05, 3.63) is 194 Å². The molecule has 7 aromatic rings. The van der Waals surface area contributed by atoms with Gasteiger partial charge in [0.15, 0.2) is 0 Å². The zero-order valence-electron chi connectivity index (χ0n) is 30.2. The number of allylic oxidation sites excluding steroid dienone is 5. The lowest BCUT2D eigenvalue weighted by molar-refractivity contribution is 0.840. The van der Waals surface area contributed by atoms with Gasteiger partial charge in [-0.15, -0.1) is 11.3 Å². The third-order valence-electron chi connectivity index (χ3n) is 10.1. The Labute approximate surface area is 325 Å². The van der Waals surface area contributed by atoms with Crippen molar-refractivity contribution in [2.75, 3.05) is 16.3 Å². The minimum Gasteiger partial charge on any atom is -0.318 e. The van der Waals surface area contributed by atoms with E-state index < -0.39 is 0 Å². The zero-order chi connectivity index (χ0) is 36.8. The molecule has 5 heterocycles. The number of nitrogens with zero attached hydrogens (tertiary/aromatic N) is 6. The van der Waals surface area contributed by atoms with Gasteiger partial charge >= 0.3 is 0 Å². The highest BCUT2D eigenvalue weighted by molar-refractivity contribution is 7.18. The van der Waals surface area contributed by atoms with E-state index in [9.17, 15) is 0 Å². The Balaban J connectivity index is 0.954. The number of thiophene rings is 1. The second kappa shape index (κ2) is 15.7. The fourth-order valence-electron chi connectivity index (χ4n) is 7.26. The normalized spacial score (nSPS) is 13.8. The molecule has 0 fully saturated rings. The van der Waals surface area contributed by atoms with E-state index in [1.165, 1.54) is 49.1 Å². The van der Waals surface area contributed by atoms with Gasteiger partial charge < -0.3 is 9.80 Å². The second-order valence-corrected chi connectivity index (χ2v) is 14.6. The van der Waals surface area contributed by atoms with Crippen molar-refractivity contribution in [3.8, 4) is 32.0 Å². The fourth-order valence-corrected chi connectivity index (χ4v) is 8.28. The average molecular weight is 731 g/mol. The van der Waals surface area contributed by atoms with E-state index in [1.54, 1.807) is 6.20 Å². The van der Waals surface area contributed by atoms with Crippen LogP contribution in [-0.2, 0) is 0 Å². The molecule has 266 valence electrons. The lowest BCUT2D eigenvalue weighted by atomic mass is 9.95. The van der Waals surface area contributed by atoms with Crippen molar-refractivity contribution in [1.82, 2.24) is 15.0 Å². The summed E-state index contributed by atoms with van der Waals surface area (Å²) in [6.07, 6.45) is 22.6. The Morgan fingerprint density at radius 3 is 1.53 bits per heavy atom. The highest BCUT2D eigenvalue weighted by Gasteiger charge is 2.21. The molecule has 9 rings (SSSR count). The first-order chi connectivity index (χ1) is 27.3. The van der Waals surface area contributed by atoms with Gasteiger partial charge in [-0.25, -0.2) is 0 Å². The van der Waals surface area contributed by atoms with Gasteiger partial charge in [0.2, 0.25) is 0 Å². The summed E-state index contributed by atoms with van der Waals surface area (Å²) in [5.74, 6) is 0. The van der Waals surface area contributed by atoms with Gasteiger partial charge in [-0.2, -0.15) is 0 Å². The number of aromatic nitrogens is 3. The molecule has 0 saturated heterocycles. The van der Waals surface area contributed by atoms with Crippen LogP contribution in [0.15, 0.2) is 193 Å². The van der Waals surface area contributed by atoms with E-state index in [0.717, 1.165) is 54.0 Å². The van der Waals surface area contributed by atoms with E-state index in [0.29, 0.717) is 0 Å². The van der Waals surface area contributed by atoms with Gasteiger partial charge in [-0.05, 0) is 131 Å². The third-order valence-corrected chi connectivity index (χ3v) is 11.3. The molecule has 0 saturated carbocycles. The van der Waals surface area contributed by atoms with Crippen LogP contribution in [0, 0.1) is 0 Å². The lowest BCUT2D eigenvalue weighted by Crippen LogP contribution is -2.24. The van der Waals surface area contributed by atoms with Gasteiger partial charge in [0.05, 0.1) is 0 Å². The number of aliphatic imine (C=N–C) groups is 1. The van der Waals surface area contributed by atoms with Crippen molar-refractivity contribution >= 4 is 45.9 Å². The van der Waals surface area contributed by atoms with Crippen LogP contribution in [0.1, 0.15) is 24.8 Å². The van der Waals surface area contributed by atoms with E-state index in [2.05, 4.69) is 145 Å². The smallest absolute Gasteiger partial charge is 0.0492 e. The monoisotopic (exact) mass is 730 g/mol. The van der Waals surface area contributed by atoms with Crippen LogP contribution in [0.2, 0.25) is 0 Å². The van der Waals surface area contributed by atoms with Crippen LogP contribution >= 0.6 is 11.3 Å². The number of anilines is 4. The highest BCUT2D eigenvalue weighted by atomic mass is 32.1. The first-order valence-electron chi connectivity index (χ1n) is 18.6. The Morgan fingerprint density at radius 2 is 0.982 bits per heavy atom. The van der Waals surface area contributed by atoms with Gasteiger partial charge in [0.25, 0.3) is 0 Å². The summed E-state index contributed by atoms with van der Waals surface area (Å²) in [5.41, 5.74) is 14.1. The van der Waals surface area contributed by atoms with Crippen LogP contribution < -0.4 is 9.80 Å². The first kappa shape index (κ1) is 34.1. The molecule has 55 heavy (non-hydrogen) atoms. The van der Waals surface area contributed by atoms with Crippen molar-refractivity contribution < 1.29 is 0 Å². The quantitative estimate of drug-likeness (QED) is 0.140. The number of hydrogen-bond donors (Lipinski definition) is 0. The maximum absolute atomic E-state index is 4.46. The molecular weight excluding hydrogens is 693 g/mol. The second-order valence-electron chi connectivity index (χ2n) is 13.5. The van der Waals surface area contributed by atoms with E-state index in [4.69, 9.17) is 0 Å². The van der Waals surface area contributed by atoms with Crippen LogP contribution in [0.5, 0.6) is 0 Å². The first-order valence-corrected chi connectivity index (χ1v) is 19.4. The number of pyridine rings is 3. The highest BCUT2D eigenvalue weighted by Crippen LogP contribution is 2.40. The van der Waals surface area contributed by atoms with Crippen molar-refractivity contribution in [1.29, 1.82) is 0 Å². The Hall–Kier alpha value is -6.70. The predicted octanol–water partition coefficient (Wildman–Crippen LogP) is 12.3. The third kappa shape index (κ3) is 7.43. The van der Waals surface area contributed by atoms with Gasteiger partial charge in [-0.1, -0.05) is 54.6 Å². The molecule has 2 aliphatic rings. The number of dihydropyridines is 1. The molecular formula is C48H38N6S. The summed E-state index contributed by atoms with van der Waals surface area (Å²) >= 11 is 1.82. The van der Waals surface area contributed by atoms with Gasteiger partial charge in [0, 0.05) is 100 Å². The summed E-state index contributed by atoms with van der Waals surface area (Å²) in [5, 5.41) is 0. The Bertz CT molecular complexity index is 2500.